The first-order valence-electron chi connectivity index (χ1n) is 6.59. The fraction of sp³-hybridized carbons (Fsp3) is 0.429. The van der Waals surface area contributed by atoms with Gasteiger partial charge < -0.3 is 16.0 Å². The third-order valence-corrected chi connectivity index (χ3v) is 3.14. The van der Waals surface area contributed by atoms with Crippen LogP contribution in [0.15, 0.2) is 24.3 Å². The number of hydrogen-bond donors (Lipinski definition) is 3. The summed E-state index contributed by atoms with van der Waals surface area (Å²) in [7, 11) is 0. The molecule has 0 spiro atoms. The molecule has 1 aliphatic heterocycles. The van der Waals surface area contributed by atoms with Gasteiger partial charge in [-0.2, -0.15) is 0 Å². The van der Waals surface area contributed by atoms with Crippen LogP contribution in [0.1, 0.15) is 24.8 Å². The van der Waals surface area contributed by atoms with Crippen molar-refractivity contribution in [1.29, 1.82) is 0 Å². The van der Waals surface area contributed by atoms with E-state index < -0.39 is 0 Å². The summed E-state index contributed by atoms with van der Waals surface area (Å²) in [5.41, 5.74) is 1.99. The quantitative estimate of drug-likeness (QED) is 0.735. The molecule has 0 bridgehead atoms. The molecule has 0 aliphatic carbocycles. The first kappa shape index (κ1) is 13.4. The number of nitrogens with one attached hydrogen (secondary N) is 3. The van der Waals surface area contributed by atoms with Gasteiger partial charge in [0, 0.05) is 18.8 Å². The average molecular weight is 261 g/mol. The fourth-order valence-corrected chi connectivity index (χ4v) is 2.14. The van der Waals surface area contributed by atoms with E-state index in [0.29, 0.717) is 13.1 Å². The second-order valence-corrected chi connectivity index (χ2v) is 4.59. The topological polar surface area (TPSA) is 70.2 Å². The van der Waals surface area contributed by atoms with Gasteiger partial charge in [0.25, 0.3) is 0 Å². The van der Waals surface area contributed by atoms with Gasteiger partial charge >= 0.3 is 0 Å². The number of carbonyl (C=O) groups excluding carboxylic acids is 2. The van der Waals surface area contributed by atoms with E-state index in [-0.39, 0.29) is 24.3 Å². The molecule has 0 fully saturated rings. The summed E-state index contributed by atoms with van der Waals surface area (Å²) in [6.07, 6.45) is 0.888. The van der Waals surface area contributed by atoms with Crippen LogP contribution in [-0.4, -0.2) is 31.4 Å². The summed E-state index contributed by atoms with van der Waals surface area (Å²) in [5, 5.41) is 8.60. The van der Waals surface area contributed by atoms with Crippen molar-refractivity contribution in [2.24, 2.45) is 0 Å². The predicted octanol–water partition coefficient (Wildman–Crippen LogP) is 0.838. The van der Waals surface area contributed by atoms with Crippen LogP contribution < -0.4 is 16.0 Å². The van der Waals surface area contributed by atoms with Crippen LogP contribution in [-0.2, 0) is 9.59 Å². The smallest absolute Gasteiger partial charge is 0.239 e. The molecule has 1 aliphatic rings. The number of carbonyl (C=O) groups is 2. The van der Waals surface area contributed by atoms with Crippen molar-refractivity contribution in [2.45, 2.75) is 19.3 Å². The normalized spacial score (nSPS) is 16.4. The zero-order chi connectivity index (χ0) is 13.7. The minimum atomic E-state index is -0.213. The number of fused-ring (bicyclic) bond motifs is 1. The van der Waals surface area contributed by atoms with E-state index in [4.69, 9.17) is 0 Å². The molecule has 1 unspecified atom stereocenters. The van der Waals surface area contributed by atoms with Crippen LogP contribution in [0.3, 0.4) is 0 Å². The summed E-state index contributed by atoms with van der Waals surface area (Å²) < 4.78 is 0. The molecule has 2 amide bonds. The first-order valence-corrected chi connectivity index (χ1v) is 6.59. The van der Waals surface area contributed by atoms with Crippen molar-refractivity contribution in [3.05, 3.63) is 29.8 Å². The molecular formula is C14H19N3O2. The Bertz CT molecular complexity index is 474. The van der Waals surface area contributed by atoms with Crippen molar-refractivity contribution in [2.75, 3.05) is 25.0 Å². The highest BCUT2D eigenvalue weighted by Crippen LogP contribution is 2.30. The summed E-state index contributed by atoms with van der Waals surface area (Å²) >= 11 is 0. The molecule has 1 heterocycles. The van der Waals surface area contributed by atoms with Crippen LogP contribution >= 0.6 is 0 Å². The molecule has 1 aromatic rings. The molecule has 1 atom stereocenters. The molecule has 3 N–H and O–H groups in total. The van der Waals surface area contributed by atoms with Crippen LogP contribution in [0.4, 0.5) is 5.69 Å². The number of benzene rings is 1. The standard InChI is InChI=1S/C14H19N3O2/c1-2-7-15-13(18)9-17-14(19)11-8-16-12-6-4-3-5-10(11)12/h3-6,11,16H,2,7-9H2,1H3,(H,15,18)(H,17,19). The van der Waals surface area contributed by atoms with Gasteiger partial charge in [-0.3, -0.25) is 9.59 Å². The van der Waals surface area contributed by atoms with Crippen molar-refractivity contribution < 1.29 is 9.59 Å². The number of hydrogen-bond acceptors (Lipinski definition) is 3. The molecule has 1 aromatic carbocycles. The van der Waals surface area contributed by atoms with Crippen molar-refractivity contribution in [3.63, 3.8) is 0 Å². The van der Waals surface area contributed by atoms with E-state index in [0.717, 1.165) is 17.7 Å². The van der Waals surface area contributed by atoms with Gasteiger partial charge in [0.15, 0.2) is 0 Å². The average Bonchev–Trinajstić information content (AvgIpc) is 2.86. The predicted molar refractivity (Wildman–Crippen MR) is 74.0 cm³/mol. The highest BCUT2D eigenvalue weighted by Gasteiger charge is 2.27. The fourth-order valence-electron chi connectivity index (χ4n) is 2.14. The lowest BCUT2D eigenvalue weighted by Gasteiger charge is -2.11. The summed E-state index contributed by atoms with van der Waals surface area (Å²) in [4.78, 5) is 23.5. The van der Waals surface area contributed by atoms with Gasteiger partial charge in [-0.1, -0.05) is 25.1 Å². The van der Waals surface area contributed by atoms with E-state index in [1.165, 1.54) is 0 Å². The Labute approximate surface area is 112 Å². The maximum atomic E-state index is 12.1. The Morgan fingerprint density at radius 2 is 2.11 bits per heavy atom. The molecule has 102 valence electrons. The van der Waals surface area contributed by atoms with Crippen LogP contribution in [0.2, 0.25) is 0 Å². The highest BCUT2D eigenvalue weighted by molar-refractivity contribution is 5.91. The van der Waals surface area contributed by atoms with Crippen LogP contribution in [0.5, 0.6) is 0 Å². The van der Waals surface area contributed by atoms with Gasteiger partial charge in [-0.15, -0.1) is 0 Å². The Morgan fingerprint density at radius 1 is 1.32 bits per heavy atom. The molecule has 5 heteroatoms. The minimum Gasteiger partial charge on any atom is -0.384 e. The molecule has 5 nitrogen and oxygen atoms in total. The maximum Gasteiger partial charge on any atom is 0.239 e. The molecule has 0 aromatic heterocycles. The van der Waals surface area contributed by atoms with E-state index in [2.05, 4.69) is 16.0 Å². The lowest BCUT2D eigenvalue weighted by molar-refractivity contribution is -0.126. The van der Waals surface area contributed by atoms with E-state index in [1.54, 1.807) is 0 Å². The van der Waals surface area contributed by atoms with Crippen molar-refractivity contribution >= 4 is 17.5 Å². The number of para-hydroxylation sites is 1. The Hall–Kier alpha value is -2.04. The SMILES string of the molecule is CCCNC(=O)CNC(=O)C1CNc2ccccc21. The lowest BCUT2D eigenvalue weighted by Crippen LogP contribution is -2.39. The highest BCUT2D eigenvalue weighted by atomic mass is 16.2. The number of anilines is 1. The Morgan fingerprint density at radius 3 is 2.89 bits per heavy atom. The molecule has 19 heavy (non-hydrogen) atoms. The van der Waals surface area contributed by atoms with Gasteiger partial charge in [0.1, 0.15) is 0 Å². The third kappa shape index (κ3) is 3.24. The zero-order valence-corrected chi connectivity index (χ0v) is 11.0. The van der Waals surface area contributed by atoms with Gasteiger partial charge in [0.05, 0.1) is 12.5 Å². The van der Waals surface area contributed by atoms with Gasteiger partial charge in [-0.25, -0.2) is 0 Å². The van der Waals surface area contributed by atoms with Crippen LogP contribution in [0, 0.1) is 0 Å². The second kappa shape index (κ2) is 6.22. The second-order valence-electron chi connectivity index (χ2n) is 4.59. The number of amides is 2. The number of rotatable bonds is 5. The summed E-state index contributed by atoms with van der Waals surface area (Å²) in [5.74, 6) is -0.464. The maximum absolute atomic E-state index is 12.1. The summed E-state index contributed by atoms with van der Waals surface area (Å²) in [6, 6.07) is 7.75. The lowest BCUT2D eigenvalue weighted by atomic mass is 10.0. The Balaban J connectivity index is 1.87. The van der Waals surface area contributed by atoms with Crippen molar-refractivity contribution in [3.8, 4) is 0 Å². The molecular weight excluding hydrogens is 242 g/mol. The Kier molecular flexibility index (Phi) is 4.39. The first-order chi connectivity index (χ1) is 9.22. The monoisotopic (exact) mass is 261 g/mol. The van der Waals surface area contributed by atoms with E-state index in [1.807, 2.05) is 31.2 Å². The van der Waals surface area contributed by atoms with Crippen LogP contribution in [0.25, 0.3) is 0 Å². The van der Waals surface area contributed by atoms with Gasteiger partial charge in [0.2, 0.25) is 11.8 Å². The largest absolute Gasteiger partial charge is 0.384 e. The van der Waals surface area contributed by atoms with Crippen molar-refractivity contribution in [1.82, 2.24) is 10.6 Å². The van der Waals surface area contributed by atoms with E-state index in [9.17, 15) is 9.59 Å². The summed E-state index contributed by atoms with van der Waals surface area (Å²) in [6.45, 7) is 3.25. The molecule has 0 saturated heterocycles. The zero-order valence-electron chi connectivity index (χ0n) is 11.0. The third-order valence-electron chi connectivity index (χ3n) is 3.14. The molecule has 2 rings (SSSR count). The minimum absolute atomic E-state index is 0.0392. The van der Waals surface area contributed by atoms with Gasteiger partial charge in [-0.05, 0) is 18.1 Å². The molecule has 0 radical (unpaired) electrons. The molecule has 0 saturated carbocycles. The van der Waals surface area contributed by atoms with E-state index >= 15 is 0 Å².